The van der Waals surface area contributed by atoms with Crippen molar-refractivity contribution in [2.75, 3.05) is 24.0 Å². The fraction of sp³-hybridized carbons (Fsp3) is 0.115. The van der Waals surface area contributed by atoms with E-state index in [0.717, 1.165) is 5.56 Å². The van der Waals surface area contributed by atoms with E-state index in [2.05, 4.69) is 10.7 Å². The van der Waals surface area contributed by atoms with Crippen molar-refractivity contribution >= 4 is 35.2 Å². The van der Waals surface area contributed by atoms with Gasteiger partial charge in [0.15, 0.2) is 18.1 Å². The van der Waals surface area contributed by atoms with Crippen molar-refractivity contribution in [2.24, 2.45) is 0 Å². The van der Waals surface area contributed by atoms with Crippen LogP contribution in [0.1, 0.15) is 11.1 Å². The minimum absolute atomic E-state index is 0.00261. The van der Waals surface area contributed by atoms with Crippen LogP contribution in [0.25, 0.3) is 6.08 Å². The summed E-state index contributed by atoms with van der Waals surface area (Å²) in [4.78, 5) is 37.5. The van der Waals surface area contributed by atoms with Gasteiger partial charge in [0.05, 0.1) is 12.8 Å². The van der Waals surface area contributed by atoms with E-state index in [1.54, 1.807) is 42.5 Å². The van der Waals surface area contributed by atoms with Crippen LogP contribution in [0.5, 0.6) is 11.5 Å². The number of ether oxygens (including phenoxy) is 2. The zero-order chi connectivity index (χ0) is 24.1. The van der Waals surface area contributed by atoms with Crippen LogP contribution in [0.2, 0.25) is 0 Å². The van der Waals surface area contributed by atoms with Crippen LogP contribution in [0.4, 0.5) is 11.4 Å². The van der Waals surface area contributed by atoms with Gasteiger partial charge in [-0.05, 0) is 54.5 Å². The number of hydrazine groups is 1. The smallest absolute Gasteiger partial charge is 0.282 e. The molecule has 1 saturated heterocycles. The molecule has 0 aromatic heterocycles. The van der Waals surface area contributed by atoms with Gasteiger partial charge in [0.1, 0.15) is 5.57 Å². The number of para-hydroxylation sites is 2. The van der Waals surface area contributed by atoms with E-state index < -0.39 is 11.8 Å². The number of nitrogens with one attached hydrogen (secondary N) is 2. The molecule has 1 aliphatic rings. The third-order valence-corrected chi connectivity index (χ3v) is 5.18. The molecule has 0 aliphatic carbocycles. The molecule has 3 amide bonds. The van der Waals surface area contributed by atoms with E-state index in [9.17, 15) is 14.4 Å². The first kappa shape index (κ1) is 22.6. The van der Waals surface area contributed by atoms with Gasteiger partial charge in [-0.3, -0.25) is 19.8 Å². The quantitative estimate of drug-likeness (QED) is 0.418. The van der Waals surface area contributed by atoms with Gasteiger partial charge in [0, 0.05) is 5.69 Å². The molecule has 0 spiro atoms. The number of carbonyl (C=O) groups is 3. The number of rotatable bonds is 7. The summed E-state index contributed by atoms with van der Waals surface area (Å²) in [5, 5.41) is 4.01. The zero-order valence-corrected chi connectivity index (χ0v) is 18.7. The molecule has 4 rings (SSSR count). The van der Waals surface area contributed by atoms with Crippen LogP contribution < -0.4 is 25.2 Å². The van der Waals surface area contributed by atoms with E-state index in [4.69, 9.17) is 9.47 Å². The van der Waals surface area contributed by atoms with Crippen molar-refractivity contribution < 1.29 is 23.9 Å². The Morgan fingerprint density at radius 2 is 1.74 bits per heavy atom. The van der Waals surface area contributed by atoms with E-state index in [-0.39, 0.29) is 18.1 Å². The van der Waals surface area contributed by atoms with Crippen molar-refractivity contribution in [3.05, 3.63) is 89.5 Å². The molecule has 2 N–H and O–H groups in total. The molecular formula is C26H23N3O5. The van der Waals surface area contributed by atoms with Crippen LogP contribution in [0.15, 0.2) is 78.4 Å². The molecule has 8 nitrogen and oxygen atoms in total. The molecule has 1 fully saturated rings. The Morgan fingerprint density at radius 3 is 2.47 bits per heavy atom. The molecule has 34 heavy (non-hydrogen) atoms. The fourth-order valence-corrected chi connectivity index (χ4v) is 3.42. The van der Waals surface area contributed by atoms with Gasteiger partial charge in [-0.1, -0.05) is 42.5 Å². The summed E-state index contributed by atoms with van der Waals surface area (Å²) >= 11 is 0. The molecule has 1 heterocycles. The molecular weight excluding hydrogens is 434 g/mol. The van der Waals surface area contributed by atoms with Crippen molar-refractivity contribution in [3.63, 3.8) is 0 Å². The second kappa shape index (κ2) is 9.91. The van der Waals surface area contributed by atoms with Gasteiger partial charge < -0.3 is 14.8 Å². The normalized spacial score (nSPS) is 14.2. The minimum Gasteiger partial charge on any atom is -0.493 e. The zero-order valence-electron chi connectivity index (χ0n) is 18.7. The molecule has 0 saturated carbocycles. The highest BCUT2D eigenvalue weighted by Gasteiger charge is 2.34. The molecule has 0 bridgehead atoms. The highest BCUT2D eigenvalue weighted by atomic mass is 16.5. The average molecular weight is 457 g/mol. The third kappa shape index (κ3) is 4.91. The number of nitrogens with zero attached hydrogens (tertiary/aromatic N) is 1. The first-order chi connectivity index (χ1) is 16.5. The number of amides is 3. The van der Waals surface area contributed by atoms with E-state index in [1.165, 1.54) is 18.2 Å². The van der Waals surface area contributed by atoms with Crippen molar-refractivity contribution in [2.45, 2.75) is 6.92 Å². The Balaban J connectivity index is 1.46. The summed E-state index contributed by atoms with van der Waals surface area (Å²) in [6.45, 7) is 1.69. The summed E-state index contributed by atoms with van der Waals surface area (Å²) < 4.78 is 11.0. The highest BCUT2D eigenvalue weighted by molar-refractivity contribution is 6.31. The predicted octanol–water partition coefficient (Wildman–Crippen LogP) is 3.48. The summed E-state index contributed by atoms with van der Waals surface area (Å²) in [5.74, 6) is -0.539. The largest absolute Gasteiger partial charge is 0.493 e. The molecule has 172 valence electrons. The molecule has 3 aromatic rings. The van der Waals surface area contributed by atoms with Crippen LogP contribution in [-0.2, 0) is 14.4 Å². The Hall–Kier alpha value is -4.59. The van der Waals surface area contributed by atoms with Crippen molar-refractivity contribution in [3.8, 4) is 11.5 Å². The lowest BCUT2D eigenvalue weighted by Crippen LogP contribution is -2.35. The number of benzene rings is 3. The van der Waals surface area contributed by atoms with Crippen LogP contribution in [0, 0.1) is 6.92 Å². The van der Waals surface area contributed by atoms with Gasteiger partial charge in [-0.25, -0.2) is 5.01 Å². The topological polar surface area (TPSA) is 97.0 Å². The maximum atomic E-state index is 12.8. The molecule has 0 unspecified atom stereocenters. The summed E-state index contributed by atoms with van der Waals surface area (Å²) in [6, 6.07) is 21.2. The van der Waals surface area contributed by atoms with Crippen molar-refractivity contribution in [1.82, 2.24) is 5.43 Å². The molecule has 3 aromatic carbocycles. The Labute approximate surface area is 196 Å². The van der Waals surface area contributed by atoms with Crippen LogP contribution in [0.3, 0.4) is 0 Å². The number of carbonyl (C=O) groups excluding carboxylic acids is 3. The Morgan fingerprint density at radius 1 is 1.00 bits per heavy atom. The third-order valence-electron chi connectivity index (χ3n) is 5.18. The van der Waals surface area contributed by atoms with E-state index in [0.29, 0.717) is 28.4 Å². The van der Waals surface area contributed by atoms with Crippen LogP contribution in [-0.4, -0.2) is 31.4 Å². The summed E-state index contributed by atoms with van der Waals surface area (Å²) in [5.41, 5.74) is 5.36. The lowest BCUT2D eigenvalue weighted by molar-refractivity contribution is -0.118. The van der Waals surface area contributed by atoms with Gasteiger partial charge in [-0.2, -0.15) is 0 Å². The second-order valence-corrected chi connectivity index (χ2v) is 7.54. The first-order valence-corrected chi connectivity index (χ1v) is 10.5. The number of hydrogen-bond donors (Lipinski definition) is 2. The number of aryl methyl sites for hydroxylation is 1. The summed E-state index contributed by atoms with van der Waals surface area (Å²) in [6.07, 6.45) is 1.48. The number of methoxy groups -OCH3 is 1. The predicted molar refractivity (Wildman–Crippen MR) is 128 cm³/mol. The lowest BCUT2D eigenvalue weighted by Gasteiger charge is -2.14. The SMILES string of the molecule is COc1cc(/C=C2\C(=O)NN(c3ccccc3)C2=O)ccc1OCC(=O)Nc1ccccc1C. The van der Waals surface area contributed by atoms with E-state index >= 15 is 0 Å². The van der Waals surface area contributed by atoms with Gasteiger partial charge in [0.2, 0.25) is 0 Å². The number of hydrogen-bond acceptors (Lipinski definition) is 5. The number of anilines is 2. The van der Waals surface area contributed by atoms with Crippen LogP contribution >= 0.6 is 0 Å². The first-order valence-electron chi connectivity index (χ1n) is 10.5. The monoisotopic (exact) mass is 457 g/mol. The molecule has 0 radical (unpaired) electrons. The maximum Gasteiger partial charge on any atom is 0.282 e. The minimum atomic E-state index is -0.499. The fourth-order valence-electron chi connectivity index (χ4n) is 3.42. The second-order valence-electron chi connectivity index (χ2n) is 7.54. The highest BCUT2D eigenvalue weighted by Crippen LogP contribution is 2.30. The molecule has 1 aliphatic heterocycles. The molecule has 8 heteroatoms. The Bertz CT molecular complexity index is 1270. The van der Waals surface area contributed by atoms with Gasteiger partial charge in [-0.15, -0.1) is 0 Å². The van der Waals surface area contributed by atoms with Crippen molar-refractivity contribution in [1.29, 1.82) is 0 Å². The van der Waals surface area contributed by atoms with E-state index in [1.807, 2.05) is 37.3 Å². The molecule has 0 atom stereocenters. The lowest BCUT2D eigenvalue weighted by atomic mass is 10.1. The summed E-state index contributed by atoms with van der Waals surface area (Å²) in [7, 11) is 1.47. The van der Waals surface area contributed by atoms with Gasteiger partial charge in [0.25, 0.3) is 17.7 Å². The Kier molecular flexibility index (Phi) is 6.59. The standard InChI is InChI=1S/C26H23N3O5/c1-17-8-6-7-11-21(17)27-24(30)16-34-22-13-12-18(15-23(22)33-2)14-20-25(31)28-29(26(20)32)19-9-4-3-5-10-19/h3-15H,16H2,1-2H3,(H,27,30)(H,28,31)/b20-14+. The maximum absolute atomic E-state index is 12.8. The average Bonchev–Trinajstić information content (AvgIpc) is 3.13. The van der Waals surface area contributed by atoms with Gasteiger partial charge >= 0.3 is 0 Å².